The summed E-state index contributed by atoms with van der Waals surface area (Å²) in [6.45, 7) is 5.39. The van der Waals surface area contributed by atoms with E-state index in [0.717, 1.165) is 43.3 Å². The Balaban J connectivity index is 1.54. The Morgan fingerprint density at radius 1 is 1.26 bits per heavy atom. The van der Waals surface area contributed by atoms with Gasteiger partial charge in [-0.25, -0.2) is 4.98 Å². The quantitative estimate of drug-likeness (QED) is 0.808. The van der Waals surface area contributed by atoms with Crippen LogP contribution in [0, 0.1) is 6.92 Å². The SMILES string of the molecule is Cc1cnc(C2CN(Cc3cccc4cccnc34)CCO2)[nH]1. The molecular weight excluding hydrogens is 288 g/mol. The molecule has 1 aliphatic rings. The Morgan fingerprint density at radius 3 is 3.04 bits per heavy atom. The molecule has 3 heterocycles. The van der Waals surface area contributed by atoms with Crippen molar-refractivity contribution in [2.45, 2.75) is 19.6 Å². The zero-order valence-corrected chi connectivity index (χ0v) is 13.2. The van der Waals surface area contributed by atoms with Gasteiger partial charge in [-0.1, -0.05) is 24.3 Å². The summed E-state index contributed by atoms with van der Waals surface area (Å²) in [5.74, 6) is 0.920. The summed E-state index contributed by atoms with van der Waals surface area (Å²) in [4.78, 5) is 14.7. The Hall–Kier alpha value is -2.24. The van der Waals surface area contributed by atoms with E-state index in [9.17, 15) is 0 Å². The number of rotatable bonds is 3. The summed E-state index contributed by atoms with van der Waals surface area (Å²) in [6, 6.07) is 10.5. The summed E-state index contributed by atoms with van der Waals surface area (Å²) in [5, 5.41) is 1.19. The molecule has 0 radical (unpaired) electrons. The van der Waals surface area contributed by atoms with E-state index >= 15 is 0 Å². The van der Waals surface area contributed by atoms with Crippen LogP contribution < -0.4 is 0 Å². The molecule has 0 bridgehead atoms. The monoisotopic (exact) mass is 308 g/mol. The van der Waals surface area contributed by atoms with Crippen molar-refractivity contribution in [2.24, 2.45) is 0 Å². The van der Waals surface area contributed by atoms with E-state index in [1.807, 2.05) is 25.4 Å². The molecule has 1 unspecified atom stereocenters. The molecule has 0 spiro atoms. The number of morpholine rings is 1. The zero-order valence-electron chi connectivity index (χ0n) is 13.2. The van der Waals surface area contributed by atoms with E-state index in [4.69, 9.17) is 4.74 Å². The van der Waals surface area contributed by atoms with Gasteiger partial charge in [-0.15, -0.1) is 0 Å². The minimum absolute atomic E-state index is 0.0142. The van der Waals surface area contributed by atoms with E-state index in [1.165, 1.54) is 10.9 Å². The van der Waals surface area contributed by atoms with E-state index in [-0.39, 0.29) is 6.10 Å². The van der Waals surface area contributed by atoms with E-state index in [2.05, 4.69) is 44.1 Å². The largest absolute Gasteiger partial charge is 0.368 e. The van der Waals surface area contributed by atoms with Crippen molar-refractivity contribution in [1.29, 1.82) is 0 Å². The van der Waals surface area contributed by atoms with Gasteiger partial charge < -0.3 is 9.72 Å². The third-order valence-electron chi connectivity index (χ3n) is 4.29. The number of fused-ring (bicyclic) bond motifs is 1. The van der Waals surface area contributed by atoms with Crippen LogP contribution in [0.25, 0.3) is 10.9 Å². The van der Waals surface area contributed by atoms with Crippen LogP contribution in [0.5, 0.6) is 0 Å². The first-order valence-corrected chi connectivity index (χ1v) is 7.98. The number of imidazole rings is 1. The Bertz CT molecular complexity index is 808. The van der Waals surface area contributed by atoms with Gasteiger partial charge in [0.15, 0.2) is 0 Å². The summed E-state index contributed by atoms with van der Waals surface area (Å²) in [7, 11) is 0. The fraction of sp³-hybridized carbons (Fsp3) is 0.333. The second-order valence-electron chi connectivity index (χ2n) is 6.04. The second kappa shape index (κ2) is 6.10. The third-order valence-corrected chi connectivity index (χ3v) is 4.29. The maximum atomic E-state index is 5.88. The van der Waals surface area contributed by atoms with Gasteiger partial charge >= 0.3 is 0 Å². The van der Waals surface area contributed by atoms with Gasteiger partial charge in [0, 0.05) is 43.1 Å². The molecule has 5 nitrogen and oxygen atoms in total. The number of nitrogens with zero attached hydrogens (tertiary/aromatic N) is 3. The van der Waals surface area contributed by atoms with Gasteiger partial charge in [0.25, 0.3) is 0 Å². The van der Waals surface area contributed by atoms with E-state index in [0.29, 0.717) is 0 Å². The van der Waals surface area contributed by atoms with Crippen LogP contribution >= 0.6 is 0 Å². The standard InChI is InChI=1S/C18H20N4O/c1-13-10-20-18(21-13)16-12-22(8-9-23-16)11-15-5-2-4-14-6-3-7-19-17(14)15/h2-7,10,16H,8-9,11-12H2,1H3,(H,20,21). The van der Waals surface area contributed by atoms with Gasteiger partial charge in [0.05, 0.1) is 12.1 Å². The van der Waals surface area contributed by atoms with Crippen LogP contribution in [0.1, 0.15) is 23.2 Å². The number of pyridine rings is 1. The van der Waals surface area contributed by atoms with Gasteiger partial charge in [0.1, 0.15) is 11.9 Å². The Labute approximate surface area is 135 Å². The maximum absolute atomic E-state index is 5.88. The molecular formula is C18H20N4O. The lowest BCUT2D eigenvalue weighted by Gasteiger charge is -2.32. The van der Waals surface area contributed by atoms with Crippen LogP contribution in [-0.2, 0) is 11.3 Å². The van der Waals surface area contributed by atoms with Crippen LogP contribution in [0.2, 0.25) is 0 Å². The molecule has 1 atom stereocenters. The molecule has 2 aromatic heterocycles. The number of ether oxygens (including phenoxy) is 1. The summed E-state index contributed by atoms with van der Waals surface area (Å²) in [6.07, 6.45) is 3.73. The molecule has 0 saturated carbocycles. The number of H-pyrrole nitrogens is 1. The van der Waals surface area contributed by atoms with Crippen molar-refractivity contribution in [3.05, 3.63) is 59.8 Å². The predicted octanol–water partition coefficient (Wildman–Crippen LogP) is 2.84. The molecule has 4 rings (SSSR count). The molecule has 23 heavy (non-hydrogen) atoms. The van der Waals surface area contributed by atoms with Gasteiger partial charge in [-0.2, -0.15) is 0 Å². The third kappa shape index (κ3) is 2.98. The average Bonchev–Trinajstić information content (AvgIpc) is 3.02. The molecule has 0 amide bonds. The molecule has 1 fully saturated rings. The summed E-state index contributed by atoms with van der Waals surface area (Å²) >= 11 is 0. The number of nitrogens with one attached hydrogen (secondary N) is 1. The van der Waals surface area contributed by atoms with Crippen molar-refractivity contribution in [1.82, 2.24) is 19.9 Å². The Morgan fingerprint density at radius 2 is 2.17 bits per heavy atom. The molecule has 118 valence electrons. The molecule has 3 aromatic rings. The Kier molecular flexibility index (Phi) is 3.81. The van der Waals surface area contributed by atoms with Crippen molar-refractivity contribution in [3.63, 3.8) is 0 Å². The number of aryl methyl sites for hydroxylation is 1. The van der Waals surface area contributed by atoms with Crippen molar-refractivity contribution in [3.8, 4) is 0 Å². The van der Waals surface area contributed by atoms with E-state index < -0.39 is 0 Å². The number of hydrogen-bond donors (Lipinski definition) is 1. The lowest BCUT2D eigenvalue weighted by atomic mass is 10.1. The first-order chi connectivity index (χ1) is 11.3. The highest BCUT2D eigenvalue weighted by atomic mass is 16.5. The van der Waals surface area contributed by atoms with Crippen molar-refractivity contribution >= 4 is 10.9 Å². The van der Waals surface area contributed by atoms with Gasteiger partial charge in [0.2, 0.25) is 0 Å². The molecule has 5 heteroatoms. The maximum Gasteiger partial charge on any atom is 0.136 e. The average molecular weight is 308 g/mol. The second-order valence-corrected chi connectivity index (χ2v) is 6.04. The summed E-state index contributed by atoms with van der Waals surface area (Å²) in [5.41, 5.74) is 3.42. The topological polar surface area (TPSA) is 54.0 Å². The van der Waals surface area contributed by atoms with Crippen LogP contribution in [0.15, 0.2) is 42.7 Å². The number of hydrogen-bond acceptors (Lipinski definition) is 4. The number of aromatic nitrogens is 3. The zero-order chi connectivity index (χ0) is 15.6. The van der Waals surface area contributed by atoms with E-state index in [1.54, 1.807) is 0 Å². The minimum Gasteiger partial charge on any atom is -0.368 e. The smallest absolute Gasteiger partial charge is 0.136 e. The number of para-hydroxylation sites is 1. The predicted molar refractivity (Wildman–Crippen MR) is 89.0 cm³/mol. The van der Waals surface area contributed by atoms with Crippen LogP contribution in [0.3, 0.4) is 0 Å². The fourth-order valence-electron chi connectivity index (χ4n) is 3.14. The number of aromatic amines is 1. The van der Waals surface area contributed by atoms with Crippen LogP contribution in [-0.4, -0.2) is 39.5 Å². The van der Waals surface area contributed by atoms with Crippen molar-refractivity contribution < 1.29 is 4.74 Å². The highest BCUT2D eigenvalue weighted by molar-refractivity contribution is 5.81. The first-order valence-electron chi connectivity index (χ1n) is 7.98. The van der Waals surface area contributed by atoms with Gasteiger partial charge in [-0.3, -0.25) is 9.88 Å². The highest BCUT2D eigenvalue weighted by Crippen LogP contribution is 2.23. The van der Waals surface area contributed by atoms with Crippen LogP contribution in [0.4, 0.5) is 0 Å². The molecule has 1 saturated heterocycles. The summed E-state index contributed by atoms with van der Waals surface area (Å²) < 4.78 is 5.88. The lowest BCUT2D eigenvalue weighted by Crippen LogP contribution is -2.38. The van der Waals surface area contributed by atoms with Gasteiger partial charge in [-0.05, 0) is 18.6 Å². The minimum atomic E-state index is 0.0142. The molecule has 1 aromatic carbocycles. The molecule has 1 aliphatic heterocycles. The normalized spacial score (nSPS) is 19.3. The van der Waals surface area contributed by atoms with Crippen molar-refractivity contribution in [2.75, 3.05) is 19.7 Å². The number of benzene rings is 1. The first kappa shape index (κ1) is 14.4. The highest BCUT2D eigenvalue weighted by Gasteiger charge is 2.24. The molecule has 0 aliphatic carbocycles. The fourth-order valence-corrected chi connectivity index (χ4v) is 3.14. The molecule has 1 N–H and O–H groups in total. The lowest BCUT2D eigenvalue weighted by molar-refractivity contribution is -0.0367.